The van der Waals surface area contributed by atoms with Gasteiger partial charge in [-0.3, -0.25) is 19.1 Å². The number of hydrogen-bond acceptors (Lipinski definition) is 5. The fraction of sp³-hybridized carbons (Fsp3) is 0.375. The maximum atomic E-state index is 12.7. The van der Waals surface area contributed by atoms with Crippen LogP contribution >= 0.6 is 11.6 Å². The van der Waals surface area contributed by atoms with Crippen molar-refractivity contribution in [3.63, 3.8) is 0 Å². The van der Waals surface area contributed by atoms with Crippen LogP contribution in [0.15, 0.2) is 45.6 Å². The molecule has 174 valence electrons. The maximum absolute atomic E-state index is 12.7. The highest BCUT2D eigenvalue weighted by Crippen LogP contribution is 2.20. The first-order valence-electron chi connectivity index (χ1n) is 11.0. The van der Waals surface area contributed by atoms with Gasteiger partial charge in [0.15, 0.2) is 5.58 Å². The van der Waals surface area contributed by atoms with Gasteiger partial charge in [0.2, 0.25) is 11.8 Å². The van der Waals surface area contributed by atoms with Crippen molar-refractivity contribution in [2.75, 3.05) is 38.0 Å². The number of oxazole rings is 1. The predicted octanol–water partition coefficient (Wildman–Crippen LogP) is 3.04. The summed E-state index contributed by atoms with van der Waals surface area (Å²) in [6.45, 7) is 6.82. The highest BCUT2D eigenvalue weighted by atomic mass is 35.5. The number of halogens is 1. The first-order valence-corrected chi connectivity index (χ1v) is 11.3. The van der Waals surface area contributed by atoms with Crippen LogP contribution in [0.25, 0.3) is 11.1 Å². The van der Waals surface area contributed by atoms with Gasteiger partial charge in [0.25, 0.3) is 0 Å². The number of amides is 2. The Morgan fingerprint density at radius 1 is 1.06 bits per heavy atom. The van der Waals surface area contributed by atoms with Crippen molar-refractivity contribution in [2.45, 2.75) is 26.8 Å². The molecule has 2 aromatic carbocycles. The fourth-order valence-electron chi connectivity index (χ4n) is 4.17. The monoisotopic (exact) mass is 470 g/mol. The van der Waals surface area contributed by atoms with Crippen LogP contribution in [0, 0.1) is 13.8 Å². The van der Waals surface area contributed by atoms with Gasteiger partial charge >= 0.3 is 5.76 Å². The van der Waals surface area contributed by atoms with Crippen molar-refractivity contribution < 1.29 is 14.0 Å². The molecule has 2 heterocycles. The molecule has 8 nitrogen and oxygen atoms in total. The van der Waals surface area contributed by atoms with Gasteiger partial charge in [-0.2, -0.15) is 0 Å². The van der Waals surface area contributed by atoms with Crippen LogP contribution in [0.2, 0.25) is 5.02 Å². The number of benzene rings is 2. The van der Waals surface area contributed by atoms with E-state index in [9.17, 15) is 14.4 Å². The molecule has 4 rings (SSSR count). The van der Waals surface area contributed by atoms with Gasteiger partial charge in [-0.05, 0) is 37.1 Å². The van der Waals surface area contributed by atoms with Gasteiger partial charge in [0, 0.05) is 55.9 Å². The Morgan fingerprint density at radius 3 is 2.45 bits per heavy atom. The summed E-state index contributed by atoms with van der Waals surface area (Å²) in [6, 6.07) is 10.9. The Bertz CT molecular complexity index is 1220. The van der Waals surface area contributed by atoms with Gasteiger partial charge < -0.3 is 14.6 Å². The van der Waals surface area contributed by atoms with E-state index >= 15 is 0 Å². The molecule has 1 aromatic heterocycles. The maximum Gasteiger partial charge on any atom is 0.419 e. The number of carbonyl (C=O) groups excluding carboxylic acids is 2. The number of aromatic nitrogens is 1. The van der Waals surface area contributed by atoms with E-state index in [2.05, 4.69) is 5.32 Å². The lowest BCUT2D eigenvalue weighted by Crippen LogP contribution is -2.50. The quantitative estimate of drug-likeness (QED) is 0.598. The number of nitrogens with one attached hydrogen (secondary N) is 1. The molecular formula is C24H27ClN4O4. The molecule has 0 saturated carbocycles. The number of anilines is 1. The Kier molecular flexibility index (Phi) is 6.85. The second kappa shape index (κ2) is 9.80. The number of piperazine rings is 1. The van der Waals surface area contributed by atoms with Crippen LogP contribution in [0.3, 0.4) is 0 Å². The summed E-state index contributed by atoms with van der Waals surface area (Å²) in [5.41, 5.74) is 3.96. The van der Waals surface area contributed by atoms with Crippen molar-refractivity contribution in [3.05, 3.63) is 63.1 Å². The van der Waals surface area contributed by atoms with Crippen LogP contribution in [0.4, 0.5) is 5.69 Å². The van der Waals surface area contributed by atoms with Gasteiger partial charge in [0.05, 0.1) is 12.1 Å². The predicted molar refractivity (Wildman–Crippen MR) is 128 cm³/mol. The minimum absolute atomic E-state index is 0.0233. The Balaban J connectivity index is 1.27. The van der Waals surface area contributed by atoms with Crippen molar-refractivity contribution >= 4 is 40.2 Å². The molecule has 33 heavy (non-hydrogen) atoms. The molecule has 1 fully saturated rings. The Labute approximate surface area is 196 Å². The summed E-state index contributed by atoms with van der Waals surface area (Å²) in [5.74, 6) is -0.580. The zero-order valence-corrected chi connectivity index (χ0v) is 19.5. The minimum atomic E-state index is -0.500. The molecule has 0 spiro atoms. The average molecular weight is 471 g/mol. The van der Waals surface area contributed by atoms with Crippen molar-refractivity contribution in [1.29, 1.82) is 0 Å². The van der Waals surface area contributed by atoms with Crippen LogP contribution in [-0.2, 0) is 16.1 Å². The van der Waals surface area contributed by atoms with Gasteiger partial charge in [-0.25, -0.2) is 4.79 Å². The molecule has 0 atom stereocenters. The molecule has 0 aliphatic carbocycles. The second-order valence-electron chi connectivity index (χ2n) is 8.35. The van der Waals surface area contributed by atoms with E-state index in [0.717, 1.165) is 16.8 Å². The lowest BCUT2D eigenvalue weighted by atomic mass is 10.1. The number of hydrogen-bond donors (Lipinski definition) is 1. The highest BCUT2D eigenvalue weighted by Gasteiger charge is 2.23. The summed E-state index contributed by atoms with van der Waals surface area (Å²) in [5, 5.41) is 3.49. The van der Waals surface area contributed by atoms with E-state index in [0.29, 0.717) is 42.3 Å². The van der Waals surface area contributed by atoms with E-state index in [4.69, 9.17) is 16.0 Å². The third-order valence-electron chi connectivity index (χ3n) is 6.02. The largest absolute Gasteiger partial charge is 0.419 e. The molecule has 1 aliphatic rings. The molecule has 1 saturated heterocycles. The molecule has 1 aliphatic heterocycles. The normalized spacial score (nSPS) is 14.6. The van der Waals surface area contributed by atoms with Gasteiger partial charge in [0.1, 0.15) is 0 Å². The van der Waals surface area contributed by atoms with Crippen LogP contribution < -0.4 is 11.1 Å². The zero-order chi connectivity index (χ0) is 23.5. The average Bonchev–Trinajstić information content (AvgIpc) is 3.09. The Morgan fingerprint density at radius 2 is 1.76 bits per heavy atom. The number of para-hydroxylation sites is 1. The number of fused-ring (bicyclic) bond motifs is 1. The number of carbonyl (C=O) groups is 2. The molecular weight excluding hydrogens is 444 g/mol. The molecule has 1 N–H and O–H groups in total. The van der Waals surface area contributed by atoms with Crippen LogP contribution in [-0.4, -0.2) is 58.9 Å². The Hall–Kier alpha value is -3.10. The zero-order valence-electron chi connectivity index (χ0n) is 18.8. The van der Waals surface area contributed by atoms with Gasteiger partial charge in [-0.15, -0.1) is 0 Å². The second-order valence-corrected chi connectivity index (χ2v) is 8.79. The SMILES string of the molecule is Cc1cccc(C)c1NC(=O)CN1CCN(C(=O)CCn2c(=O)oc3cc(Cl)ccc32)CC1. The standard InChI is InChI=1S/C24H27ClN4O4/c1-16-4-3-5-17(2)23(16)26-21(30)15-27-10-12-28(13-11-27)22(31)8-9-29-19-7-6-18(25)14-20(19)33-24(29)32/h3-7,14H,8-13,15H2,1-2H3,(H,26,30). The fourth-order valence-corrected chi connectivity index (χ4v) is 4.33. The highest BCUT2D eigenvalue weighted by molar-refractivity contribution is 6.31. The van der Waals surface area contributed by atoms with E-state index in [1.165, 1.54) is 4.57 Å². The molecule has 0 unspecified atom stereocenters. The summed E-state index contributed by atoms with van der Waals surface area (Å²) in [6.07, 6.45) is 0.199. The summed E-state index contributed by atoms with van der Waals surface area (Å²) >= 11 is 5.95. The first-order chi connectivity index (χ1) is 15.8. The van der Waals surface area contributed by atoms with Crippen LogP contribution in [0.5, 0.6) is 0 Å². The summed E-state index contributed by atoms with van der Waals surface area (Å²) in [4.78, 5) is 41.2. The molecule has 9 heteroatoms. The topological polar surface area (TPSA) is 87.8 Å². The van der Waals surface area contributed by atoms with Crippen molar-refractivity contribution in [1.82, 2.24) is 14.4 Å². The summed E-state index contributed by atoms with van der Waals surface area (Å²) in [7, 11) is 0. The van der Waals surface area contributed by atoms with E-state index in [1.54, 1.807) is 23.1 Å². The van der Waals surface area contributed by atoms with Crippen molar-refractivity contribution in [2.24, 2.45) is 0 Å². The molecule has 3 aromatic rings. The van der Waals surface area contributed by atoms with E-state index in [-0.39, 0.29) is 31.3 Å². The third-order valence-corrected chi connectivity index (χ3v) is 6.25. The first kappa shape index (κ1) is 23.1. The minimum Gasteiger partial charge on any atom is -0.408 e. The lowest BCUT2D eigenvalue weighted by Gasteiger charge is -2.34. The number of nitrogens with zero attached hydrogens (tertiary/aromatic N) is 3. The molecule has 0 bridgehead atoms. The van der Waals surface area contributed by atoms with Crippen LogP contribution in [0.1, 0.15) is 17.5 Å². The summed E-state index contributed by atoms with van der Waals surface area (Å²) < 4.78 is 6.68. The molecule has 2 amide bonds. The third kappa shape index (κ3) is 5.29. The van der Waals surface area contributed by atoms with E-state index in [1.807, 2.05) is 36.9 Å². The molecule has 0 radical (unpaired) electrons. The van der Waals surface area contributed by atoms with Gasteiger partial charge in [-0.1, -0.05) is 29.8 Å². The number of rotatable bonds is 6. The smallest absolute Gasteiger partial charge is 0.408 e. The lowest BCUT2D eigenvalue weighted by molar-refractivity contribution is -0.133. The van der Waals surface area contributed by atoms with E-state index < -0.39 is 5.76 Å². The van der Waals surface area contributed by atoms with Crippen molar-refractivity contribution in [3.8, 4) is 0 Å². The number of aryl methyl sites for hydroxylation is 3.